The molecule has 0 aliphatic rings. The Bertz CT molecular complexity index is 325. The molecule has 16 heavy (non-hydrogen) atoms. The van der Waals surface area contributed by atoms with E-state index in [9.17, 15) is 5.11 Å². The minimum Gasteiger partial charge on any atom is -0.396 e. The van der Waals surface area contributed by atoms with Gasteiger partial charge in [0.25, 0.3) is 0 Å². The van der Waals surface area contributed by atoms with E-state index < -0.39 is 0 Å². The minimum absolute atomic E-state index is 0.204. The number of aliphatic hydroxyl groups excluding tert-OH is 1. The van der Waals surface area contributed by atoms with Crippen LogP contribution in [0.1, 0.15) is 24.8 Å². The second-order valence-corrected chi connectivity index (χ2v) is 6.39. The maximum absolute atomic E-state index is 9.53. The van der Waals surface area contributed by atoms with Crippen LogP contribution in [0.2, 0.25) is 4.34 Å². The van der Waals surface area contributed by atoms with E-state index in [1.54, 1.807) is 11.3 Å². The lowest BCUT2D eigenvalue weighted by molar-refractivity contribution is 0.102. The van der Waals surface area contributed by atoms with Gasteiger partial charge in [0.2, 0.25) is 0 Å². The molecule has 0 radical (unpaired) electrons. The Balaban J connectivity index is 2.98. The summed E-state index contributed by atoms with van der Waals surface area (Å²) < 4.78 is 0.808. The van der Waals surface area contributed by atoms with Crippen molar-refractivity contribution in [3.05, 3.63) is 21.3 Å². The molecule has 92 valence electrons. The van der Waals surface area contributed by atoms with Gasteiger partial charge in [-0.3, -0.25) is 0 Å². The standard InChI is InChI=1S/C12H20ClNOS/c1-8(2)9(7-15)12(14(3)4)10-5-6-11(13)16-10/h5-6,8-9,12,15H,7H2,1-4H3. The highest BCUT2D eigenvalue weighted by molar-refractivity contribution is 7.16. The van der Waals surface area contributed by atoms with Crippen molar-refractivity contribution in [2.45, 2.75) is 19.9 Å². The molecule has 0 saturated carbocycles. The third kappa shape index (κ3) is 3.20. The molecule has 4 heteroatoms. The topological polar surface area (TPSA) is 23.5 Å². The Morgan fingerprint density at radius 1 is 1.38 bits per heavy atom. The maximum atomic E-state index is 9.53. The van der Waals surface area contributed by atoms with Gasteiger partial charge < -0.3 is 10.0 Å². The number of aliphatic hydroxyl groups is 1. The summed E-state index contributed by atoms with van der Waals surface area (Å²) in [7, 11) is 4.09. The molecule has 1 rings (SSSR count). The van der Waals surface area contributed by atoms with E-state index in [1.807, 2.05) is 20.2 Å². The number of hydrogen-bond donors (Lipinski definition) is 1. The molecule has 0 amide bonds. The van der Waals surface area contributed by atoms with Crippen molar-refractivity contribution >= 4 is 22.9 Å². The second-order valence-electron chi connectivity index (χ2n) is 4.64. The maximum Gasteiger partial charge on any atom is 0.0931 e. The van der Waals surface area contributed by atoms with Crippen molar-refractivity contribution in [3.8, 4) is 0 Å². The van der Waals surface area contributed by atoms with Gasteiger partial charge in [0.15, 0.2) is 0 Å². The van der Waals surface area contributed by atoms with Gasteiger partial charge in [-0.05, 0) is 32.1 Å². The van der Waals surface area contributed by atoms with E-state index in [0.29, 0.717) is 5.92 Å². The van der Waals surface area contributed by atoms with Crippen LogP contribution in [0.25, 0.3) is 0 Å². The molecule has 0 aliphatic carbocycles. The molecule has 0 aliphatic heterocycles. The van der Waals surface area contributed by atoms with Crippen LogP contribution >= 0.6 is 22.9 Å². The average Bonchev–Trinajstić information content (AvgIpc) is 2.59. The van der Waals surface area contributed by atoms with Crippen molar-refractivity contribution in [3.63, 3.8) is 0 Å². The van der Waals surface area contributed by atoms with Gasteiger partial charge in [0.05, 0.1) is 4.34 Å². The van der Waals surface area contributed by atoms with Crippen LogP contribution in [0.15, 0.2) is 12.1 Å². The van der Waals surface area contributed by atoms with Crippen LogP contribution in [-0.4, -0.2) is 30.7 Å². The highest BCUT2D eigenvalue weighted by Crippen LogP contribution is 2.36. The fourth-order valence-electron chi connectivity index (χ4n) is 2.01. The third-order valence-corrected chi connectivity index (χ3v) is 4.22. The van der Waals surface area contributed by atoms with Crippen LogP contribution in [0.4, 0.5) is 0 Å². The zero-order valence-corrected chi connectivity index (χ0v) is 11.8. The molecular weight excluding hydrogens is 242 g/mol. The Labute approximate surface area is 107 Å². The molecule has 1 heterocycles. The quantitative estimate of drug-likeness (QED) is 0.880. The molecule has 0 spiro atoms. The number of hydrogen-bond acceptors (Lipinski definition) is 3. The summed E-state index contributed by atoms with van der Waals surface area (Å²) in [5.74, 6) is 0.683. The average molecular weight is 262 g/mol. The Morgan fingerprint density at radius 2 is 2.00 bits per heavy atom. The number of thiophene rings is 1. The summed E-state index contributed by atoms with van der Waals surface area (Å²) in [5, 5.41) is 9.53. The molecule has 1 aromatic rings. The van der Waals surface area contributed by atoms with Gasteiger partial charge in [0.1, 0.15) is 0 Å². The van der Waals surface area contributed by atoms with Crippen LogP contribution in [0.5, 0.6) is 0 Å². The molecule has 0 aromatic carbocycles. The molecule has 1 N–H and O–H groups in total. The van der Waals surface area contributed by atoms with Gasteiger partial charge in [-0.2, -0.15) is 0 Å². The van der Waals surface area contributed by atoms with Crippen LogP contribution < -0.4 is 0 Å². The number of halogens is 1. The normalized spacial score (nSPS) is 15.8. The Kier molecular flexibility index (Phi) is 5.25. The van der Waals surface area contributed by atoms with E-state index in [1.165, 1.54) is 4.88 Å². The Morgan fingerprint density at radius 3 is 2.31 bits per heavy atom. The molecular formula is C12H20ClNOS. The van der Waals surface area contributed by atoms with Crippen molar-refractivity contribution in [2.75, 3.05) is 20.7 Å². The van der Waals surface area contributed by atoms with E-state index in [0.717, 1.165) is 4.34 Å². The monoisotopic (exact) mass is 261 g/mol. The smallest absolute Gasteiger partial charge is 0.0931 e. The predicted molar refractivity (Wildman–Crippen MR) is 71.2 cm³/mol. The van der Waals surface area contributed by atoms with Crippen molar-refractivity contribution in [1.29, 1.82) is 0 Å². The predicted octanol–water partition coefficient (Wildman–Crippen LogP) is 3.27. The Hall–Kier alpha value is -0.0900. The third-order valence-electron chi connectivity index (χ3n) is 2.91. The summed E-state index contributed by atoms with van der Waals surface area (Å²) >= 11 is 7.57. The molecule has 2 atom stereocenters. The summed E-state index contributed by atoms with van der Waals surface area (Å²) in [6.45, 7) is 4.50. The van der Waals surface area contributed by atoms with Crippen LogP contribution in [-0.2, 0) is 0 Å². The minimum atomic E-state index is 0.204. The first-order valence-electron chi connectivity index (χ1n) is 5.50. The molecule has 0 fully saturated rings. The lowest BCUT2D eigenvalue weighted by Crippen LogP contribution is -2.32. The summed E-state index contributed by atoms with van der Waals surface area (Å²) in [4.78, 5) is 3.38. The van der Waals surface area contributed by atoms with Crippen molar-refractivity contribution in [1.82, 2.24) is 4.90 Å². The first kappa shape index (κ1) is 14.0. The summed E-state index contributed by atoms with van der Waals surface area (Å²) in [6, 6.07) is 4.22. The van der Waals surface area contributed by atoms with E-state index in [2.05, 4.69) is 24.8 Å². The van der Waals surface area contributed by atoms with Gasteiger partial charge in [-0.15, -0.1) is 11.3 Å². The first-order valence-corrected chi connectivity index (χ1v) is 6.69. The van der Waals surface area contributed by atoms with E-state index in [-0.39, 0.29) is 18.6 Å². The van der Waals surface area contributed by atoms with Crippen LogP contribution in [0, 0.1) is 11.8 Å². The molecule has 2 unspecified atom stereocenters. The SMILES string of the molecule is CC(C)C(CO)C(c1ccc(Cl)s1)N(C)C. The van der Waals surface area contributed by atoms with Crippen LogP contribution in [0.3, 0.4) is 0 Å². The van der Waals surface area contributed by atoms with E-state index >= 15 is 0 Å². The van der Waals surface area contributed by atoms with Crippen molar-refractivity contribution in [2.24, 2.45) is 11.8 Å². The number of rotatable bonds is 5. The fourth-order valence-corrected chi connectivity index (χ4v) is 3.34. The van der Waals surface area contributed by atoms with Gasteiger partial charge >= 0.3 is 0 Å². The zero-order chi connectivity index (χ0) is 12.3. The van der Waals surface area contributed by atoms with Gasteiger partial charge in [0, 0.05) is 23.4 Å². The molecule has 2 nitrogen and oxygen atoms in total. The first-order chi connectivity index (χ1) is 7.47. The lowest BCUT2D eigenvalue weighted by atomic mass is 9.87. The van der Waals surface area contributed by atoms with Crippen molar-refractivity contribution < 1.29 is 5.11 Å². The molecule has 1 aromatic heterocycles. The van der Waals surface area contributed by atoms with Gasteiger partial charge in [-0.25, -0.2) is 0 Å². The lowest BCUT2D eigenvalue weighted by Gasteiger charge is -2.33. The fraction of sp³-hybridized carbons (Fsp3) is 0.667. The molecule has 0 saturated heterocycles. The zero-order valence-electron chi connectivity index (χ0n) is 10.3. The van der Waals surface area contributed by atoms with Gasteiger partial charge in [-0.1, -0.05) is 25.4 Å². The number of nitrogens with zero attached hydrogens (tertiary/aromatic N) is 1. The van der Waals surface area contributed by atoms with E-state index in [4.69, 9.17) is 11.6 Å². The second kappa shape index (κ2) is 6.01. The highest BCUT2D eigenvalue weighted by atomic mass is 35.5. The highest BCUT2D eigenvalue weighted by Gasteiger charge is 2.28. The largest absolute Gasteiger partial charge is 0.396 e. The summed E-state index contributed by atoms with van der Waals surface area (Å²) in [6.07, 6.45) is 0. The summed E-state index contributed by atoms with van der Waals surface area (Å²) in [5.41, 5.74) is 0. The molecule has 0 bridgehead atoms.